The molecule has 0 radical (unpaired) electrons. The molecule has 0 bridgehead atoms. The molecule has 0 saturated carbocycles. The van der Waals surface area contributed by atoms with Gasteiger partial charge in [0.25, 0.3) is 0 Å². The maximum atomic E-state index is 11.9. The first kappa shape index (κ1) is 41.1. The molecule has 1 N–H and O–H groups in total. The first-order valence-electron chi connectivity index (χ1n) is 20.0. The number of ether oxygens (including phenoxy) is 10. The van der Waals surface area contributed by atoms with E-state index in [0.29, 0.717) is 18.1 Å². The van der Waals surface area contributed by atoms with Gasteiger partial charge in [0.05, 0.1) is 40.6 Å². The van der Waals surface area contributed by atoms with Crippen LogP contribution < -0.4 is 9.47 Å². The predicted octanol–water partition coefficient (Wildman–Crippen LogP) is 7.16. The van der Waals surface area contributed by atoms with Crippen LogP contribution in [0.4, 0.5) is 0 Å². The monoisotopic (exact) mass is 804 g/mol. The van der Waals surface area contributed by atoms with E-state index in [1.807, 2.05) is 153 Å². The molecule has 3 aliphatic heterocycles. The zero-order valence-corrected chi connectivity index (χ0v) is 33.8. The second kappa shape index (κ2) is 18.3. The minimum atomic E-state index is -1.16. The number of aliphatic hydroxyl groups excluding tert-OH is 1. The first-order valence-corrected chi connectivity index (χ1v) is 20.0. The fourth-order valence-electron chi connectivity index (χ4n) is 8.07. The summed E-state index contributed by atoms with van der Waals surface area (Å²) >= 11 is 0. The van der Waals surface area contributed by atoms with Gasteiger partial charge >= 0.3 is 0 Å². The molecule has 5 aromatic carbocycles. The standard InChI is InChI=1S/C48H52O11/c1-47(2)58-44-43(57-45-41(49)42(53-29-33-16-10-6-11-17-33)39(55-45)30-52-28-32-14-8-5-9-15-32)40(56-46(44)59-47)31-54-48(34-18-12-7-13-19-34,35-20-24-37(50-3)25-21-35)36-22-26-38(51-4)27-23-36/h5-27,39-46,49H,28-31H2,1-4H3/t39-,40-,41-,42-,43-,44-,45-,46-/m1/s1. The van der Waals surface area contributed by atoms with E-state index in [2.05, 4.69) is 0 Å². The van der Waals surface area contributed by atoms with Crippen molar-refractivity contribution in [1.82, 2.24) is 0 Å². The fourth-order valence-corrected chi connectivity index (χ4v) is 8.07. The summed E-state index contributed by atoms with van der Waals surface area (Å²) in [7, 11) is 3.28. The van der Waals surface area contributed by atoms with Crippen molar-refractivity contribution < 1.29 is 52.5 Å². The molecule has 3 fully saturated rings. The minimum absolute atomic E-state index is 0.0398. The van der Waals surface area contributed by atoms with Gasteiger partial charge in [0.15, 0.2) is 18.4 Å². The highest BCUT2D eigenvalue weighted by atomic mass is 16.9. The zero-order chi connectivity index (χ0) is 40.8. The van der Waals surface area contributed by atoms with Gasteiger partial charge in [0.2, 0.25) is 0 Å². The van der Waals surface area contributed by atoms with E-state index in [9.17, 15) is 5.11 Å². The lowest BCUT2D eigenvalue weighted by molar-refractivity contribution is -0.254. The van der Waals surface area contributed by atoms with Crippen LogP contribution in [0, 0.1) is 0 Å². The Bertz CT molecular complexity index is 2000. The Morgan fingerprint density at radius 1 is 0.593 bits per heavy atom. The third-order valence-electron chi connectivity index (χ3n) is 11.0. The number of rotatable bonds is 17. The van der Waals surface area contributed by atoms with E-state index in [0.717, 1.165) is 27.8 Å². The number of aliphatic hydroxyl groups is 1. The molecule has 3 aliphatic rings. The SMILES string of the molecule is COc1ccc(C(OC[C@H]2O[C@@H]3OC(C)(C)O[C@@H]3[C@@H]2O[C@H]2O[C@H](COCc3ccccc3)[C@@H](OCc3ccccc3)[C@H]2O)(c2ccccc2)c2ccc(OC)cc2)cc1. The van der Waals surface area contributed by atoms with Gasteiger partial charge in [-0.2, -0.15) is 0 Å². The largest absolute Gasteiger partial charge is 0.497 e. The summed E-state index contributed by atoms with van der Waals surface area (Å²) in [6.45, 7) is 4.52. The van der Waals surface area contributed by atoms with Crippen molar-refractivity contribution in [2.75, 3.05) is 27.4 Å². The van der Waals surface area contributed by atoms with Crippen LogP contribution in [0.3, 0.4) is 0 Å². The topological polar surface area (TPSA) is 113 Å². The Kier molecular flexibility index (Phi) is 12.8. The maximum Gasteiger partial charge on any atom is 0.190 e. The van der Waals surface area contributed by atoms with Crippen molar-refractivity contribution in [2.45, 2.75) is 87.7 Å². The van der Waals surface area contributed by atoms with Crippen LogP contribution in [0.1, 0.15) is 41.7 Å². The average molecular weight is 805 g/mol. The van der Waals surface area contributed by atoms with E-state index in [-0.39, 0.29) is 19.8 Å². The van der Waals surface area contributed by atoms with Gasteiger partial charge in [-0.05, 0) is 65.9 Å². The van der Waals surface area contributed by atoms with E-state index < -0.39 is 60.6 Å². The van der Waals surface area contributed by atoms with Crippen molar-refractivity contribution in [1.29, 1.82) is 0 Å². The Labute approximate surface area is 345 Å². The summed E-state index contributed by atoms with van der Waals surface area (Å²) in [5.74, 6) is 0.494. The number of methoxy groups -OCH3 is 2. The zero-order valence-electron chi connectivity index (χ0n) is 33.8. The molecule has 310 valence electrons. The molecule has 3 heterocycles. The summed E-state index contributed by atoms with van der Waals surface area (Å²) in [6.07, 6.45) is -6.56. The highest BCUT2D eigenvalue weighted by Crippen LogP contribution is 2.45. The Hall–Kier alpha value is -4.66. The normalized spacial score (nSPS) is 26.1. The molecule has 8 atom stereocenters. The summed E-state index contributed by atoms with van der Waals surface area (Å²) in [6, 6.07) is 45.4. The summed E-state index contributed by atoms with van der Waals surface area (Å²) < 4.78 is 63.3. The van der Waals surface area contributed by atoms with Crippen LogP contribution in [0.15, 0.2) is 140 Å². The Morgan fingerprint density at radius 2 is 1.12 bits per heavy atom. The van der Waals surface area contributed by atoms with Gasteiger partial charge in [-0.25, -0.2) is 0 Å². The summed E-state index contributed by atoms with van der Waals surface area (Å²) in [5, 5.41) is 11.9. The molecule has 59 heavy (non-hydrogen) atoms. The molecule has 5 aromatic rings. The second-order valence-corrected chi connectivity index (χ2v) is 15.4. The molecule has 11 nitrogen and oxygen atoms in total. The van der Waals surface area contributed by atoms with Gasteiger partial charge in [-0.1, -0.05) is 115 Å². The van der Waals surface area contributed by atoms with Crippen LogP contribution in [-0.4, -0.2) is 87.5 Å². The Morgan fingerprint density at radius 3 is 1.69 bits per heavy atom. The lowest BCUT2D eigenvalue weighted by Crippen LogP contribution is -2.46. The van der Waals surface area contributed by atoms with Crippen molar-refractivity contribution in [2.24, 2.45) is 0 Å². The van der Waals surface area contributed by atoms with Gasteiger partial charge in [0.1, 0.15) is 53.7 Å². The van der Waals surface area contributed by atoms with Crippen LogP contribution in [-0.2, 0) is 56.7 Å². The molecule has 0 unspecified atom stereocenters. The van der Waals surface area contributed by atoms with E-state index in [4.69, 9.17) is 47.4 Å². The molecule has 8 rings (SSSR count). The molecule has 0 amide bonds. The van der Waals surface area contributed by atoms with Gasteiger partial charge in [-0.3, -0.25) is 0 Å². The fraction of sp³-hybridized carbons (Fsp3) is 0.375. The van der Waals surface area contributed by atoms with Crippen molar-refractivity contribution in [3.63, 3.8) is 0 Å². The number of hydrogen-bond acceptors (Lipinski definition) is 11. The number of benzene rings is 5. The van der Waals surface area contributed by atoms with E-state index >= 15 is 0 Å². The highest BCUT2D eigenvalue weighted by Gasteiger charge is 2.58. The van der Waals surface area contributed by atoms with Crippen molar-refractivity contribution >= 4 is 0 Å². The Balaban J connectivity index is 1.08. The van der Waals surface area contributed by atoms with Crippen LogP contribution in [0.25, 0.3) is 0 Å². The second-order valence-electron chi connectivity index (χ2n) is 15.4. The summed E-state index contributed by atoms with van der Waals surface area (Å²) in [5.41, 5.74) is 3.50. The highest BCUT2D eigenvalue weighted by molar-refractivity contribution is 5.49. The minimum Gasteiger partial charge on any atom is -0.497 e. The molecule has 11 heteroatoms. The third kappa shape index (κ3) is 9.09. The van der Waals surface area contributed by atoms with E-state index in [1.54, 1.807) is 14.2 Å². The third-order valence-corrected chi connectivity index (χ3v) is 11.0. The molecule has 0 aromatic heterocycles. The van der Waals surface area contributed by atoms with Gasteiger partial charge in [-0.15, -0.1) is 0 Å². The predicted molar refractivity (Wildman–Crippen MR) is 218 cm³/mol. The molecule has 3 saturated heterocycles. The summed E-state index contributed by atoms with van der Waals surface area (Å²) in [4.78, 5) is 0. The van der Waals surface area contributed by atoms with Gasteiger partial charge in [0, 0.05) is 0 Å². The lowest BCUT2D eigenvalue weighted by atomic mass is 9.80. The molecule has 0 spiro atoms. The first-order chi connectivity index (χ1) is 28.8. The maximum absolute atomic E-state index is 11.9. The molecular weight excluding hydrogens is 753 g/mol. The van der Waals surface area contributed by atoms with Crippen LogP contribution >= 0.6 is 0 Å². The molecular formula is C48H52O11. The average Bonchev–Trinajstić information content (AvgIpc) is 3.86. The van der Waals surface area contributed by atoms with Gasteiger partial charge < -0.3 is 52.5 Å². The van der Waals surface area contributed by atoms with Crippen molar-refractivity contribution in [3.05, 3.63) is 167 Å². The number of fused-ring (bicyclic) bond motifs is 1. The quantitative estimate of drug-likeness (QED) is 0.0967. The van der Waals surface area contributed by atoms with Crippen LogP contribution in [0.2, 0.25) is 0 Å². The van der Waals surface area contributed by atoms with Crippen LogP contribution in [0.5, 0.6) is 11.5 Å². The van der Waals surface area contributed by atoms with E-state index in [1.165, 1.54) is 0 Å². The molecule has 0 aliphatic carbocycles. The van der Waals surface area contributed by atoms with Crippen molar-refractivity contribution in [3.8, 4) is 11.5 Å². The lowest BCUT2D eigenvalue weighted by Gasteiger charge is -2.38. The number of hydrogen-bond donors (Lipinski definition) is 1. The smallest absolute Gasteiger partial charge is 0.190 e.